The molecule has 0 radical (unpaired) electrons. The van der Waals surface area contributed by atoms with Crippen molar-refractivity contribution in [1.29, 1.82) is 0 Å². The third-order valence-corrected chi connectivity index (χ3v) is 3.24. The van der Waals surface area contributed by atoms with E-state index in [-0.39, 0.29) is 12.2 Å². The van der Waals surface area contributed by atoms with Gasteiger partial charge in [-0.05, 0) is 24.6 Å². The molecule has 17 heavy (non-hydrogen) atoms. The van der Waals surface area contributed by atoms with Crippen LogP contribution in [0.25, 0.3) is 0 Å². The molecule has 3 nitrogen and oxygen atoms in total. The number of ether oxygens (including phenoxy) is 1. The molecular formula is C13H19ClN2O. The van der Waals surface area contributed by atoms with Crippen molar-refractivity contribution in [3.63, 3.8) is 0 Å². The summed E-state index contributed by atoms with van der Waals surface area (Å²) < 4.78 is 5.73. The summed E-state index contributed by atoms with van der Waals surface area (Å²) in [5, 5.41) is 0.781. The first-order chi connectivity index (χ1) is 8.17. The van der Waals surface area contributed by atoms with Crippen LogP contribution in [0.2, 0.25) is 5.02 Å². The van der Waals surface area contributed by atoms with Gasteiger partial charge in [0, 0.05) is 31.2 Å². The van der Waals surface area contributed by atoms with E-state index < -0.39 is 0 Å². The van der Waals surface area contributed by atoms with Crippen LogP contribution in [0, 0.1) is 0 Å². The summed E-state index contributed by atoms with van der Waals surface area (Å²) in [6.45, 7) is 5.47. The van der Waals surface area contributed by atoms with Crippen molar-refractivity contribution in [2.75, 3.05) is 19.6 Å². The lowest BCUT2D eigenvalue weighted by Crippen LogP contribution is -2.48. The van der Waals surface area contributed by atoms with Crippen LogP contribution in [0.4, 0.5) is 0 Å². The molecule has 2 unspecified atom stereocenters. The minimum absolute atomic E-state index is 0.158. The SMILES string of the molecule is CC1CN(Cc2ccc(Cl)cc2)CC(CN)O1. The van der Waals surface area contributed by atoms with E-state index in [1.165, 1.54) is 5.56 Å². The number of rotatable bonds is 3. The van der Waals surface area contributed by atoms with E-state index in [0.717, 1.165) is 24.7 Å². The number of hydrogen-bond acceptors (Lipinski definition) is 3. The highest BCUT2D eigenvalue weighted by atomic mass is 35.5. The third kappa shape index (κ3) is 3.68. The molecule has 1 heterocycles. The van der Waals surface area contributed by atoms with Crippen LogP contribution in [0.3, 0.4) is 0 Å². The molecule has 2 N–H and O–H groups in total. The van der Waals surface area contributed by atoms with E-state index in [1.54, 1.807) is 0 Å². The first-order valence-electron chi connectivity index (χ1n) is 5.99. The summed E-state index contributed by atoms with van der Waals surface area (Å²) in [7, 11) is 0. The Morgan fingerprint density at radius 2 is 2.06 bits per heavy atom. The molecule has 0 spiro atoms. The van der Waals surface area contributed by atoms with Crippen molar-refractivity contribution in [3.8, 4) is 0 Å². The van der Waals surface area contributed by atoms with Gasteiger partial charge in [-0.2, -0.15) is 0 Å². The van der Waals surface area contributed by atoms with Crippen molar-refractivity contribution >= 4 is 11.6 Å². The lowest BCUT2D eigenvalue weighted by Gasteiger charge is -2.36. The van der Waals surface area contributed by atoms with Gasteiger partial charge in [0.2, 0.25) is 0 Å². The number of benzene rings is 1. The quantitative estimate of drug-likeness (QED) is 0.895. The summed E-state index contributed by atoms with van der Waals surface area (Å²) in [6.07, 6.45) is 0.413. The van der Waals surface area contributed by atoms with Gasteiger partial charge in [0.1, 0.15) is 0 Å². The van der Waals surface area contributed by atoms with Crippen LogP contribution in [0.1, 0.15) is 12.5 Å². The van der Waals surface area contributed by atoms with Crippen LogP contribution in [0.5, 0.6) is 0 Å². The molecular weight excluding hydrogens is 236 g/mol. The number of hydrogen-bond donors (Lipinski definition) is 1. The fourth-order valence-electron chi connectivity index (χ4n) is 2.25. The topological polar surface area (TPSA) is 38.5 Å². The van der Waals surface area contributed by atoms with Gasteiger partial charge in [0.25, 0.3) is 0 Å². The van der Waals surface area contributed by atoms with Gasteiger partial charge in [-0.15, -0.1) is 0 Å². The number of nitrogens with zero attached hydrogens (tertiary/aromatic N) is 1. The predicted octanol–water partition coefficient (Wildman–Crippen LogP) is 1.89. The van der Waals surface area contributed by atoms with Crippen molar-refractivity contribution in [2.24, 2.45) is 5.73 Å². The van der Waals surface area contributed by atoms with Gasteiger partial charge in [-0.1, -0.05) is 23.7 Å². The van der Waals surface area contributed by atoms with Crippen molar-refractivity contribution in [3.05, 3.63) is 34.9 Å². The zero-order chi connectivity index (χ0) is 12.3. The summed E-state index contributed by atoms with van der Waals surface area (Å²) in [6, 6.07) is 8.00. The Hall–Kier alpha value is -0.610. The van der Waals surface area contributed by atoms with Crippen molar-refractivity contribution < 1.29 is 4.74 Å². The first kappa shape index (κ1) is 12.8. The Labute approximate surface area is 107 Å². The van der Waals surface area contributed by atoms with Crippen LogP contribution in [-0.4, -0.2) is 36.7 Å². The van der Waals surface area contributed by atoms with Gasteiger partial charge < -0.3 is 10.5 Å². The van der Waals surface area contributed by atoms with E-state index in [1.807, 2.05) is 12.1 Å². The average Bonchev–Trinajstić information content (AvgIpc) is 2.31. The largest absolute Gasteiger partial charge is 0.371 e. The maximum atomic E-state index is 5.87. The Balaban J connectivity index is 1.95. The molecule has 4 heteroatoms. The molecule has 1 aliphatic rings. The van der Waals surface area contributed by atoms with E-state index in [9.17, 15) is 0 Å². The standard InChI is InChI=1S/C13H19ClN2O/c1-10-7-16(9-13(6-15)17-10)8-11-2-4-12(14)5-3-11/h2-5,10,13H,6-9,15H2,1H3. The van der Waals surface area contributed by atoms with E-state index in [2.05, 4.69) is 24.0 Å². The summed E-state index contributed by atoms with van der Waals surface area (Å²) in [5.41, 5.74) is 6.95. The smallest absolute Gasteiger partial charge is 0.0828 e. The molecule has 0 aromatic heterocycles. The lowest BCUT2D eigenvalue weighted by molar-refractivity contribution is -0.0745. The van der Waals surface area contributed by atoms with Gasteiger partial charge in [-0.25, -0.2) is 0 Å². The highest BCUT2D eigenvalue weighted by Crippen LogP contribution is 2.15. The molecule has 1 aliphatic heterocycles. The lowest BCUT2D eigenvalue weighted by atomic mass is 10.1. The van der Waals surface area contributed by atoms with Gasteiger partial charge in [0.05, 0.1) is 12.2 Å². The predicted molar refractivity (Wildman–Crippen MR) is 70.1 cm³/mol. The highest BCUT2D eigenvalue weighted by molar-refractivity contribution is 6.30. The fourth-order valence-corrected chi connectivity index (χ4v) is 2.37. The van der Waals surface area contributed by atoms with Gasteiger partial charge in [-0.3, -0.25) is 4.90 Å². The summed E-state index contributed by atoms with van der Waals surface area (Å²) in [5.74, 6) is 0. The van der Waals surface area contributed by atoms with Crippen LogP contribution in [0.15, 0.2) is 24.3 Å². The Morgan fingerprint density at radius 3 is 2.71 bits per heavy atom. The maximum Gasteiger partial charge on any atom is 0.0828 e. The molecule has 0 amide bonds. The van der Waals surface area contributed by atoms with Crippen LogP contribution >= 0.6 is 11.6 Å². The summed E-state index contributed by atoms with van der Waals surface area (Å²) >= 11 is 5.87. The van der Waals surface area contributed by atoms with E-state index in [4.69, 9.17) is 22.1 Å². The van der Waals surface area contributed by atoms with Crippen LogP contribution in [-0.2, 0) is 11.3 Å². The van der Waals surface area contributed by atoms with Crippen molar-refractivity contribution in [1.82, 2.24) is 4.90 Å². The Kier molecular flexibility index (Phi) is 4.40. The van der Waals surface area contributed by atoms with Crippen LogP contribution < -0.4 is 5.73 Å². The molecule has 2 atom stereocenters. The molecule has 0 saturated carbocycles. The molecule has 1 saturated heterocycles. The number of nitrogens with two attached hydrogens (primary N) is 1. The molecule has 2 rings (SSSR count). The molecule has 0 bridgehead atoms. The second kappa shape index (κ2) is 5.83. The average molecular weight is 255 g/mol. The minimum Gasteiger partial charge on any atom is -0.371 e. The third-order valence-electron chi connectivity index (χ3n) is 2.98. The molecule has 1 aromatic carbocycles. The number of halogens is 1. The molecule has 1 aromatic rings. The Morgan fingerprint density at radius 1 is 1.35 bits per heavy atom. The van der Waals surface area contributed by atoms with Gasteiger partial charge in [0.15, 0.2) is 0 Å². The number of morpholine rings is 1. The second-order valence-electron chi connectivity index (χ2n) is 4.62. The normalized spacial score (nSPS) is 26.1. The highest BCUT2D eigenvalue weighted by Gasteiger charge is 2.23. The van der Waals surface area contributed by atoms with E-state index >= 15 is 0 Å². The first-order valence-corrected chi connectivity index (χ1v) is 6.37. The van der Waals surface area contributed by atoms with Gasteiger partial charge >= 0.3 is 0 Å². The summed E-state index contributed by atoms with van der Waals surface area (Å²) in [4.78, 5) is 2.38. The Bertz CT molecular complexity index is 355. The molecule has 0 aliphatic carbocycles. The zero-order valence-corrected chi connectivity index (χ0v) is 10.9. The van der Waals surface area contributed by atoms with Crippen molar-refractivity contribution in [2.45, 2.75) is 25.7 Å². The zero-order valence-electron chi connectivity index (χ0n) is 10.1. The minimum atomic E-state index is 0.158. The van der Waals surface area contributed by atoms with E-state index in [0.29, 0.717) is 6.54 Å². The monoisotopic (exact) mass is 254 g/mol. The molecule has 94 valence electrons. The second-order valence-corrected chi connectivity index (χ2v) is 5.06. The maximum absolute atomic E-state index is 5.87. The fraction of sp³-hybridized carbons (Fsp3) is 0.538. The molecule has 1 fully saturated rings.